The van der Waals surface area contributed by atoms with Gasteiger partial charge in [-0.25, -0.2) is 9.79 Å². The van der Waals surface area contributed by atoms with Gasteiger partial charge in [0.25, 0.3) is 0 Å². The predicted molar refractivity (Wildman–Crippen MR) is 100 cm³/mol. The van der Waals surface area contributed by atoms with Crippen LogP contribution in [0.15, 0.2) is 59.2 Å². The van der Waals surface area contributed by atoms with Gasteiger partial charge in [-0.3, -0.25) is 0 Å². The second kappa shape index (κ2) is 8.34. The number of benzene rings is 2. The van der Waals surface area contributed by atoms with E-state index in [2.05, 4.69) is 11.9 Å². The normalized spacial score (nSPS) is 14.9. The molecule has 0 N–H and O–H groups in total. The third kappa shape index (κ3) is 4.11. The molecule has 1 heterocycles. The zero-order valence-electron chi connectivity index (χ0n) is 14.9. The van der Waals surface area contributed by atoms with E-state index >= 15 is 0 Å². The summed E-state index contributed by atoms with van der Waals surface area (Å²) < 4.78 is 16.2. The molecule has 0 aliphatic carbocycles. The smallest absolute Gasteiger partial charge is 0.363 e. The maximum Gasteiger partial charge on any atom is 0.363 e. The maximum absolute atomic E-state index is 12.1. The Labute approximate surface area is 152 Å². The zero-order chi connectivity index (χ0) is 18.4. The number of carbonyl (C=O) groups is 1. The number of cyclic esters (lactones) is 1. The monoisotopic (exact) mass is 351 g/mol. The first-order chi connectivity index (χ1) is 12.7. The summed E-state index contributed by atoms with van der Waals surface area (Å²) in [6.45, 7) is 2.81. The van der Waals surface area contributed by atoms with Crippen molar-refractivity contribution < 1.29 is 19.0 Å². The Morgan fingerprint density at radius 3 is 2.62 bits per heavy atom. The quantitative estimate of drug-likeness (QED) is 0.426. The molecule has 0 saturated carbocycles. The molecule has 0 bridgehead atoms. The molecule has 1 aliphatic rings. The molecular weight excluding hydrogens is 330 g/mol. The summed E-state index contributed by atoms with van der Waals surface area (Å²) in [7, 11) is 1.59. The van der Waals surface area contributed by atoms with Gasteiger partial charge in [0, 0.05) is 11.1 Å². The van der Waals surface area contributed by atoms with Crippen LogP contribution in [0, 0.1) is 0 Å². The molecule has 0 atom stereocenters. The van der Waals surface area contributed by atoms with E-state index in [1.807, 2.05) is 48.5 Å². The highest BCUT2D eigenvalue weighted by Gasteiger charge is 2.24. The van der Waals surface area contributed by atoms with Crippen molar-refractivity contribution in [3.05, 3.63) is 65.4 Å². The van der Waals surface area contributed by atoms with Gasteiger partial charge >= 0.3 is 5.97 Å². The van der Waals surface area contributed by atoms with Crippen molar-refractivity contribution in [2.75, 3.05) is 13.7 Å². The van der Waals surface area contributed by atoms with Crippen LogP contribution in [-0.2, 0) is 9.53 Å². The van der Waals surface area contributed by atoms with Gasteiger partial charge in [-0.15, -0.1) is 0 Å². The Balaban J connectivity index is 1.78. The lowest BCUT2D eigenvalue weighted by Gasteiger charge is -2.05. The van der Waals surface area contributed by atoms with Gasteiger partial charge in [-0.2, -0.15) is 0 Å². The lowest BCUT2D eigenvalue weighted by molar-refractivity contribution is -0.129. The van der Waals surface area contributed by atoms with Gasteiger partial charge in [0.05, 0.1) is 13.7 Å². The zero-order valence-corrected chi connectivity index (χ0v) is 14.9. The van der Waals surface area contributed by atoms with Crippen molar-refractivity contribution in [2.24, 2.45) is 4.99 Å². The summed E-state index contributed by atoms with van der Waals surface area (Å²) in [6.07, 6.45) is 3.77. The molecule has 5 nitrogen and oxygen atoms in total. The Morgan fingerprint density at radius 1 is 1.12 bits per heavy atom. The standard InChI is InChI=1S/C21H21NO4/c1-3-4-13-25-17-11-9-15(10-12-17)20-22-18(21(23)26-20)14-16-7-5-6-8-19(16)24-2/h5-12,14H,3-4,13H2,1-2H3/b18-14-. The minimum atomic E-state index is -0.478. The van der Waals surface area contributed by atoms with E-state index in [1.54, 1.807) is 13.2 Å². The lowest BCUT2D eigenvalue weighted by atomic mass is 10.1. The van der Waals surface area contributed by atoms with Crippen LogP contribution in [0.2, 0.25) is 0 Å². The van der Waals surface area contributed by atoms with Crippen LogP contribution >= 0.6 is 0 Å². The molecule has 1 aliphatic heterocycles. The molecule has 2 aromatic carbocycles. The van der Waals surface area contributed by atoms with Gasteiger partial charge in [-0.1, -0.05) is 31.5 Å². The number of rotatable bonds is 7. The third-order valence-corrected chi connectivity index (χ3v) is 3.92. The minimum absolute atomic E-state index is 0.243. The van der Waals surface area contributed by atoms with E-state index in [1.165, 1.54) is 0 Å². The Hall–Kier alpha value is -3.08. The molecule has 3 rings (SSSR count). The summed E-state index contributed by atoms with van der Waals surface area (Å²) >= 11 is 0. The van der Waals surface area contributed by atoms with Crippen molar-refractivity contribution in [2.45, 2.75) is 19.8 Å². The second-order valence-electron chi connectivity index (χ2n) is 5.80. The Bertz CT molecular complexity index is 837. The summed E-state index contributed by atoms with van der Waals surface area (Å²) in [6, 6.07) is 14.8. The summed E-state index contributed by atoms with van der Waals surface area (Å²) in [5, 5.41) is 0. The van der Waals surface area contributed by atoms with Gasteiger partial charge < -0.3 is 14.2 Å². The molecule has 0 fully saturated rings. The van der Waals surface area contributed by atoms with Crippen LogP contribution < -0.4 is 9.47 Å². The van der Waals surface area contributed by atoms with E-state index in [4.69, 9.17) is 14.2 Å². The molecule has 134 valence electrons. The molecule has 0 spiro atoms. The minimum Gasteiger partial charge on any atom is -0.496 e. The van der Waals surface area contributed by atoms with Crippen LogP contribution in [-0.4, -0.2) is 25.6 Å². The fourth-order valence-corrected chi connectivity index (χ4v) is 2.49. The molecule has 0 amide bonds. The fraction of sp³-hybridized carbons (Fsp3) is 0.238. The fourth-order valence-electron chi connectivity index (χ4n) is 2.49. The molecule has 0 aromatic heterocycles. The van der Waals surface area contributed by atoms with Crippen molar-refractivity contribution in [3.63, 3.8) is 0 Å². The number of hydrogen-bond acceptors (Lipinski definition) is 5. The largest absolute Gasteiger partial charge is 0.496 e. The van der Waals surface area contributed by atoms with Crippen LogP contribution in [0.3, 0.4) is 0 Å². The van der Waals surface area contributed by atoms with Crippen molar-refractivity contribution >= 4 is 17.9 Å². The SMILES string of the molecule is CCCCOc1ccc(C2=N/C(=C\c3ccccc3OC)C(=O)O2)cc1. The highest BCUT2D eigenvalue weighted by atomic mass is 16.6. The molecule has 0 unspecified atom stereocenters. The van der Waals surface area contributed by atoms with E-state index < -0.39 is 5.97 Å². The summed E-state index contributed by atoms with van der Waals surface area (Å²) in [5.74, 6) is 1.27. The predicted octanol–water partition coefficient (Wildman–Crippen LogP) is 4.22. The Kier molecular flexibility index (Phi) is 5.69. The number of carbonyl (C=O) groups excluding carboxylic acids is 1. The van der Waals surface area contributed by atoms with E-state index in [0.29, 0.717) is 12.4 Å². The number of methoxy groups -OCH3 is 1. The number of hydrogen-bond donors (Lipinski definition) is 0. The Morgan fingerprint density at radius 2 is 1.88 bits per heavy atom. The van der Waals surface area contributed by atoms with Crippen molar-refractivity contribution in [1.82, 2.24) is 0 Å². The van der Waals surface area contributed by atoms with Crippen molar-refractivity contribution in [3.8, 4) is 11.5 Å². The molecule has 26 heavy (non-hydrogen) atoms. The van der Waals surface area contributed by atoms with Gasteiger partial charge in [0.1, 0.15) is 11.5 Å². The molecule has 0 saturated heterocycles. The average Bonchev–Trinajstić information content (AvgIpc) is 3.03. The number of esters is 1. The first-order valence-electron chi connectivity index (χ1n) is 8.60. The highest BCUT2D eigenvalue weighted by Crippen LogP contribution is 2.25. The number of unbranched alkanes of at least 4 members (excludes halogenated alkanes) is 1. The first-order valence-corrected chi connectivity index (χ1v) is 8.60. The summed E-state index contributed by atoms with van der Waals surface area (Å²) in [4.78, 5) is 16.5. The maximum atomic E-state index is 12.1. The molecule has 0 radical (unpaired) electrons. The topological polar surface area (TPSA) is 57.1 Å². The van der Waals surface area contributed by atoms with E-state index in [0.717, 1.165) is 29.7 Å². The first kappa shape index (κ1) is 17.7. The van der Waals surface area contributed by atoms with Crippen LogP contribution in [0.1, 0.15) is 30.9 Å². The van der Waals surface area contributed by atoms with Gasteiger partial charge in [0.15, 0.2) is 5.70 Å². The van der Waals surface area contributed by atoms with E-state index in [9.17, 15) is 4.79 Å². The van der Waals surface area contributed by atoms with Crippen LogP contribution in [0.25, 0.3) is 6.08 Å². The molecular formula is C21H21NO4. The van der Waals surface area contributed by atoms with Crippen LogP contribution in [0.4, 0.5) is 0 Å². The summed E-state index contributed by atoms with van der Waals surface area (Å²) in [5.41, 5.74) is 1.74. The highest BCUT2D eigenvalue weighted by molar-refractivity contribution is 6.13. The number of para-hydroxylation sites is 1. The number of aliphatic imine (C=N–C) groups is 1. The molecule has 5 heteroatoms. The number of nitrogens with zero attached hydrogens (tertiary/aromatic N) is 1. The lowest BCUT2D eigenvalue weighted by Crippen LogP contribution is -2.05. The second-order valence-corrected chi connectivity index (χ2v) is 5.80. The van der Waals surface area contributed by atoms with Crippen molar-refractivity contribution in [1.29, 1.82) is 0 Å². The third-order valence-electron chi connectivity index (χ3n) is 3.92. The van der Waals surface area contributed by atoms with Gasteiger partial charge in [0.2, 0.25) is 5.90 Å². The van der Waals surface area contributed by atoms with Crippen LogP contribution in [0.5, 0.6) is 11.5 Å². The average molecular weight is 351 g/mol. The number of ether oxygens (including phenoxy) is 3. The van der Waals surface area contributed by atoms with E-state index in [-0.39, 0.29) is 11.6 Å². The molecule has 2 aromatic rings. The van der Waals surface area contributed by atoms with Gasteiger partial charge in [-0.05, 0) is 42.8 Å².